The number of aliphatic carboxylic acids is 1. The number of halogens is 1. The number of hydrogen-bond acceptors (Lipinski definition) is 3. The molecular formula is C13H15FN2O2S. The van der Waals surface area contributed by atoms with Gasteiger partial charge in [0.05, 0.1) is 17.0 Å². The highest BCUT2D eigenvalue weighted by molar-refractivity contribution is 7.99. The summed E-state index contributed by atoms with van der Waals surface area (Å²) in [6, 6.07) is 4.89. The highest BCUT2D eigenvalue weighted by atomic mass is 32.2. The number of benzene rings is 1. The van der Waals surface area contributed by atoms with Crippen LogP contribution in [0.1, 0.15) is 19.2 Å². The predicted molar refractivity (Wildman–Crippen MR) is 73.8 cm³/mol. The first-order valence-electron chi connectivity index (χ1n) is 6.06. The summed E-state index contributed by atoms with van der Waals surface area (Å²) in [5.41, 5.74) is 1.13. The van der Waals surface area contributed by atoms with E-state index in [0.29, 0.717) is 11.3 Å². The van der Waals surface area contributed by atoms with Gasteiger partial charge in [0.25, 0.3) is 0 Å². The van der Waals surface area contributed by atoms with Crippen molar-refractivity contribution >= 4 is 28.8 Å². The number of carbonyl (C=O) groups is 1. The standard InChI is InChI=1S/C13H15FN2O2S/c1-2-6-16-10-5-3-4-9(14)13(10)15-11(16)7-19-8-12(17)18/h3-5H,2,6-8H2,1H3,(H,17,18). The first-order chi connectivity index (χ1) is 9.13. The number of carboxylic acid groups (broad SMARTS) is 1. The second-order valence-electron chi connectivity index (χ2n) is 4.17. The van der Waals surface area contributed by atoms with Crippen LogP contribution >= 0.6 is 11.8 Å². The van der Waals surface area contributed by atoms with Gasteiger partial charge in [0, 0.05) is 6.54 Å². The summed E-state index contributed by atoms with van der Waals surface area (Å²) in [5.74, 6) is 0.0393. The van der Waals surface area contributed by atoms with Crippen LogP contribution in [-0.4, -0.2) is 26.4 Å². The van der Waals surface area contributed by atoms with E-state index in [0.717, 1.165) is 24.3 Å². The molecule has 6 heteroatoms. The van der Waals surface area contributed by atoms with E-state index < -0.39 is 5.97 Å². The molecule has 2 aromatic rings. The molecule has 0 saturated heterocycles. The smallest absolute Gasteiger partial charge is 0.313 e. The van der Waals surface area contributed by atoms with Crippen molar-refractivity contribution in [1.82, 2.24) is 9.55 Å². The molecule has 0 fully saturated rings. The number of aryl methyl sites for hydroxylation is 1. The molecule has 1 N–H and O–H groups in total. The molecule has 0 radical (unpaired) electrons. The van der Waals surface area contributed by atoms with Crippen LogP contribution in [0.15, 0.2) is 18.2 Å². The van der Waals surface area contributed by atoms with E-state index in [1.165, 1.54) is 17.8 Å². The van der Waals surface area contributed by atoms with Gasteiger partial charge in [-0.05, 0) is 18.6 Å². The van der Waals surface area contributed by atoms with Crippen molar-refractivity contribution in [3.63, 3.8) is 0 Å². The van der Waals surface area contributed by atoms with Crippen molar-refractivity contribution in [2.45, 2.75) is 25.6 Å². The number of rotatable bonds is 6. The number of carboxylic acids is 1. The number of fused-ring (bicyclic) bond motifs is 1. The highest BCUT2D eigenvalue weighted by Gasteiger charge is 2.13. The van der Waals surface area contributed by atoms with E-state index in [1.54, 1.807) is 6.07 Å². The molecule has 4 nitrogen and oxygen atoms in total. The van der Waals surface area contributed by atoms with Gasteiger partial charge in [-0.25, -0.2) is 9.37 Å². The monoisotopic (exact) mass is 282 g/mol. The zero-order valence-electron chi connectivity index (χ0n) is 10.6. The second kappa shape index (κ2) is 6.06. The van der Waals surface area contributed by atoms with Crippen LogP contribution in [0.4, 0.5) is 4.39 Å². The Morgan fingerprint density at radius 2 is 2.32 bits per heavy atom. The topological polar surface area (TPSA) is 55.1 Å². The SMILES string of the molecule is CCCn1c(CSCC(=O)O)nc2c(F)cccc21. The average molecular weight is 282 g/mol. The molecule has 0 amide bonds. The Morgan fingerprint density at radius 1 is 1.53 bits per heavy atom. The fourth-order valence-electron chi connectivity index (χ4n) is 1.97. The van der Waals surface area contributed by atoms with Crippen LogP contribution in [-0.2, 0) is 17.1 Å². The molecule has 1 heterocycles. The van der Waals surface area contributed by atoms with Gasteiger partial charge in [-0.2, -0.15) is 0 Å². The molecule has 0 unspecified atom stereocenters. The molecule has 102 valence electrons. The highest BCUT2D eigenvalue weighted by Crippen LogP contribution is 2.22. The minimum absolute atomic E-state index is 0.0256. The minimum Gasteiger partial charge on any atom is -0.481 e. The van der Waals surface area contributed by atoms with Crippen molar-refractivity contribution in [2.24, 2.45) is 0 Å². The predicted octanol–water partition coefficient (Wildman–Crippen LogP) is 2.90. The van der Waals surface area contributed by atoms with Gasteiger partial charge in [0.2, 0.25) is 0 Å². The third-order valence-electron chi connectivity index (χ3n) is 2.71. The normalized spacial score (nSPS) is 11.1. The number of para-hydroxylation sites is 1. The van der Waals surface area contributed by atoms with Crippen LogP contribution in [0.5, 0.6) is 0 Å². The Labute approximate surface area is 114 Å². The van der Waals surface area contributed by atoms with E-state index in [-0.39, 0.29) is 11.6 Å². The van der Waals surface area contributed by atoms with Crippen molar-refractivity contribution < 1.29 is 14.3 Å². The van der Waals surface area contributed by atoms with Crippen LogP contribution in [0.25, 0.3) is 11.0 Å². The lowest BCUT2D eigenvalue weighted by atomic mass is 10.3. The summed E-state index contributed by atoms with van der Waals surface area (Å²) >= 11 is 1.27. The summed E-state index contributed by atoms with van der Waals surface area (Å²) < 4.78 is 15.7. The second-order valence-corrected chi connectivity index (χ2v) is 5.16. The van der Waals surface area contributed by atoms with Gasteiger partial charge in [-0.15, -0.1) is 11.8 Å². The van der Waals surface area contributed by atoms with Crippen LogP contribution in [0, 0.1) is 5.82 Å². The first-order valence-corrected chi connectivity index (χ1v) is 7.22. The number of imidazole rings is 1. The van der Waals surface area contributed by atoms with Gasteiger partial charge in [-0.1, -0.05) is 13.0 Å². The Balaban J connectivity index is 2.33. The lowest BCUT2D eigenvalue weighted by Gasteiger charge is -2.06. The van der Waals surface area contributed by atoms with Gasteiger partial charge < -0.3 is 9.67 Å². The molecule has 0 aliphatic heterocycles. The van der Waals surface area contributed by atoms with Crippen LogP contribution in [0.2, 0.25) is 0 Å². The Hall–Kier alpha value is -1.56. The van der Waals surface area contributed by atoms with E-state index in [2.05, 4.69) is 4.98 Å². The first kappa shape index (κ1) is 13.9. The number of thioether (sulfide) groups is 1. The van der Waals surface area contributed by atoms with E-state index in [4.69, 9.17) is 5.11 Å². The molecule has 1 aromatic heterocycles. The summed E-state index contributed by atoms with van der Waals surface area (Å²) in [6.07, 6.45) is 0.915. The van der Waals surface area contributed by atoms with Gasteiger partial charge in [-0.3, -0.25) is 4.79 Å². The molecule has 19 heavy (non-hydrogen) atoms. The molecule has 0 atom stereocenters. The van der Waals surface area contributed by atoms with E-state index in [1.807, 2.05) is 17.6 Å². The largest absolute Gasteiger partial charge is 0.481 e. The Kier molecular flexibility index (Phi) is 4.42. The lowest BCUT2D eigenvalue weighted by molar-refractivity contribution is -0.133. The molecule has 0 bridgehead atoms. The fourth-order valence-corrected chi connectivity index (χ4v) is 2.65. The fraction of sp³-hybridized carbons (Fsp3) is 0.385. The van der Waals surface area contributed by atoms with E-state index >= 15 is 0 Å². The number of nitrogens with zero attached hydrogens (tertiary/aromatic N) is 2. The maximum atomic E-state index is 13.7. The zero-order valence-corrected chi connectivity index (χ0v) is 11.4. The molecular weight excluding hydrogens is 267 g/mol. The van der Waals surface area contributed by atoms with Crippen molar-refractivity contribution in [3.8, 4) is 0 Å². The molecule has 2 rings (SSSR count). The summed E-state index contributed by atoms with van der Waals surface area (Å²) in [6.45, 7) is 2.79. The van der Waals surface area contributed by atoms with Crippen molar-refractivity contribution in [3.05, 3.63) is 29.8 Å². The zero-order chi connectivity index (χ0) is 13.8. The van der Waals surface area contributed by atoms with Crippen molar-refractivity contribution in [2.75, 3.05) is 5.75 Å². The van der Waals surface area contributed by atoms with Crippen LogP contribution < -0.4 is 0 Å². The minimum atomic E-state index is -0.852. The molecule has 0 spiro atoms. The van der Waals surface area contributed by atoms with Crippen molar-refractivity contribution in [1.29, 1.82) is 0 Å². The third kappa shape index (κ3) is 3.07. The lowest BCUT2D eigenvalue weighted by Crippen LogP contribution is -2.04. The molecule has 0 saturated carbocycles. The van der Waals surface area contributed by atoms with E-state index in [9.17, 15) is 9.18 Å². The number of hydrogen-bond donors (Lipinski definition) is 1. The van der Waals surface area contributed by atoms with Gasteiger partial charge in [0.1, 0.15) is 11.3 Å². The summed E-state index contributed by atoms with van der Waals surface area (Å²) in [7, 11) is 0. The summed E-state index contributed by atoms with van der Waals surface area (Å²) in [4.78, 5) is 14.8. The maximum absolute atomic E-state index is 13.7. The van der Waals surface area contributed by atoms with Gasteiger partial charge >= 0.3 is 5.97 Å². The van der Waals surface area contributed by atoms with Crippen LogP contribution in [0.3, 0.4) is 0 Å². The quantitative estimate of drug-likeness (QED) is 0.885. The molecule has 0 aliphatic rings. The summed E-state index contributed by atoms with van der Waals surface area (Å²) in [5, 5.41) is 8.64. The molecule has 0 aliphatic carbocycles. The third-order valence-corrected chi connectivity index (χ3v) is 3.63. The average Bonchev–Trinajstić information content (AvgIpc) is 2.70. The Bertz CT molecular complexity index is 598. The molecule has 1 aromatic carbocycles. The Morgan fingerprint density at radius 3 is 3.00 bits per heavy atom. The maximum Gasteiger partial charge on any atom is 0.313 e. The number of aromatic nitrogens is 2. The van der Waals surface area contributed by atoms with Gasteiger partial charge in [0.15, 0.2) is 5.82 Å².